The van der Waals surface area contributed by atoms with Gasteiger partial charge in [0.25, 0.3) is 11.8 Å². The fraction of sp³-hybridized carbons (Fsp3) is 0.688. The van der Waals surface area contributed by atoms with E-state index in [9.17, 15) is 19.2 Å². The maximum absolute atomic E-state index is 13.2. The second-order valence-corrected chi connectivity index (χ2v) is 13.7. The molecule has 1 atom stereocenters. The molecule has 4 amide bonds. The Bertz CT molecular complexity index is 1240. The van der Waals surface area contributed by atoms with E-state index in [1.807, 2.05) is 12.1 Å². The topological polar surface area (TPSA) is 105 Å². The molecule has 1 aliphatic carbocycles. The number of carbonyl (C=O) groups excluding carboxylic acids is 4. The Hall–Kier alpha value is -2.82. The maximum atomic E-state index is 13.2. The van der Waals surface area contributed by atoms with Gasteiger partial charge in [0.2, 0.25) is 11.8 Å². The van der Waals surface area contributed by atoms with Gasteiger partial charge in [0.1, 0.15) is 6.04 Å². The Morgan fingerprint density at radius 2 is 1.43 bits per heavy atom. The third-order valence-corrected chi connectivity index (χ3v) is 11.0. The van der Waals surface area contributed by atoms with Crippen LogP contribution in [0.3, 0.4) is 0 Å². The van der Waals surface area contributed by atoms with E-state index in [1.54, 1.807) is 6.07 Å². The van der Waals surface area contributed by atoms with Crippen molar-refractivity contribution in [3.8, 4) is 0 Å². The Morgan fingerprint density at radius 3 is 2.14 bits per heavy atom. The van der Waals surface area contributed by atoms with Crippen molar-refractivity contribution in [1.82, 2.24) is 25.3 Å². The number of rotatable bonds is 6. The number of carbonyl (C=O) groups is 4. The molecule has 1 spiro atoms. The Labute approximate surface area is 248 Å². The van der Waals surface area contributed by atoms with E-state index < -0.39 is 23.8 Å². The highest BCUT2D eigenvalue weighted by Gasteiger charge is 2.47. The predicted molar refractivity (Wildman–Crippen MR) is 158 cm³/mol. The predicted octanol–water partition coefficient (Wildman–Crippen LogP) is 1.70. The van der Waals surface area contributed by atoms with Gasteiger partial charge in [-0.25, -0.2) is 0 Å². The van der Waals surface area contributed by atoms with E-state index in [4.69, 9.17) is 0 Å². The lowest BCUT2D eigenvalue weighted by Gasteiger charge is -2.54. The highest BCUT2D eigenvalue weighted by Crippen LogP contribution is 2.52. The number of nitrogens with zero attached hydrogens (tertiary/aromatic N) is 4. The lowest BCUT2D eigenvalue weighted by atomic mass is 9.57. The van der Waals surface area contributed by atoms with Gasteiger partial charge in [-0.3, -0.25) is 29.4 Å². The number of likely N-dealkylation sites (tertiary alicyclic amines) is 1. The first-order valence-electron chi connectivity index (χ1n) is 16.1. The van der Waals surface area contributed by atoms with Gasteiger partial charge in [0, 0.05) is 64.5 Å². The van der Waals surface area contributed by atoms with Crippen molar-refractivity contribution < 1.29 is 19.2 Å². The largest absolute Gasteiger partial charge is 0.371 e. The number of hydrogen-bond acceptors (Lipinski definition) is 8. The summed E-state index contributed by atoms with van der Waals surface area (Å²) < 4.78 is 0. The summed E-state index contributed by atoms with van der Waals surface area (Å²) in [5.41, 5.74) is 2.28. The fourth-order valence-corrected chi connectivity index (χ4v) is 8.57. The summed E-state index contributed by atoms with van der Waals surface area (Å²) >= 11 is 0. The van der Waals surface area contributed by atoms with Crippen LogP contribution in [-0.2, 0) is 9.59 Å². The molecule has 5 heterocycles. The summed E-state index contributed by atoms with van der Waals surface area (Å²) in [7, 11) is 0. The van der Waals surface area contributed by atoms with Gasteiger partial charge >= 0.3 is 0 Å². The number of imide groups is 2. The molecule has 1 aromatic rings. The van der Waals surface area contributed by atoms with Crippen molar-refractivity contribution >= 4 is 29.3 Å². The van der Waals surface area contributed by atoms with Crippen LogP contribution in [0.25, 0.3) is 0 Å². The first-order chi connectivity index (χ1) is 20.4. The standard InChI is InChI=1S/C32H44N6O4/c39-28-4-3-27(29(40)34-28)38-30(41)25-2-1-24(17-26(25)31(38)42)37-11-5-22(6-12-37)20-35-13-7-32(8-14-35)18-23(19-32)21-36-15-9-33-10-16-36/h1-2,17,22-23,27,33H,3-16,18-21H2,(H,34,39,40). The second kappa shape index (κ2) is 11.4. The molecule has 0 radical (unpaired) electrons. The number of amides is 4. The molecule has 2 N–H and O–H groups in total. The van der Waals surface area contributed by atoms with Gasteiger partial charge in [-0.15, -0.1) is 0 Å². The average molecular weight is 577 g/mol. The van der Waals surface area contributed by atoms with Crippen LogP contribution in [0.2, 0.25) is 0 Å². The van der Waals surface area contributed by atoms with Crippen LogP contribution in [0.15, 0.2) is 18.2 Å². The highest BCUT2D eigenvalue weighted by molar-refractivity contribution is 6.23. The maximum Gasteiger partial charge on any atom is 0.262 e. The zero-order chi connectivity index (χ0) is 28.8. The van der Waals surface area contributed by atoms with Gasteiger partial charge in [-0.1, -0.05) is 0 Å². The van der Waals surface area contributed by atoms with E-state index in [-0.39, 0.29) is 18.7 Å². The molecular formula is C32H44N6O4. The van der Waals surface area contributed by atoms with Crippen LogP contribution in [-0.4, -0.2) is 110 Å². The number of nitrogens with one attached hydrogen (secondary N) is 2. The van der Waals surface area contributed by atoms with Crippen LogP contribution < -0.4 is 15.5 Å². The Balaban J connectivity index is 0.877. The molecule has 10 heteroatoms. The van der Waals surface area contributed by atoms with Crippen molar-refractivity contribution in [2.45, 2.75) is 57.4 Å². The first-order valence-corrected chi connectivity index (χ1v) is 16.1. The van der Waals surface area contributed by atoms with Gasteiger partial charge in [-0.2, -0.15) is 0 Å². The molecular weight excluding hydrogens is 532 g/mol. The summed E-state index contributed by atoms with van der Waals surface area (Å²) in [6.45, 7) is 11.6. The third-order valence-electron chi connectivity index (χ3n) is 11.0. The van der Waals surface area contributed by atoms with Crippen LogP contribution in [0.1, 0.15) is 72.1 Å². The van der Waals surface area contributed by atoms with E-state index in [2.05, 4.69) is 25.3 Å². The lowest BCUT2D eigenvalue weighted by molar-refractivity contribution is -0.136. The number of benzene rings is 1. The molecule has 1 saturated carbocycles. The molecule has 1 aromatic carbocycles. The van der Waals surface area contributed by atoms with Crippen LogP contribution in [0.4, 0.5) is 5.69 Å². The van der Waals surface area contributed by atoms with Gasteiger partial charge in [-0.05, 0) is 93.5 Å². The lowest BCUT2D eigenvalue weighted by Crippen LogP contribution is -2.54. The third kappa shape index (κ3) is 5.37. The number of piperazine rings is 1. The minimum atomic E-state index is -0.929. The molecule has 4 saturated heterocycles. The summed E-state index contributed by atoms with van der Waals surface area (Å²) in [5.74, 6) is -0.226. The normalized spacial score (nSPS) is 27.9. The molecule has 6 aliphatic rings. The van der Waals surface area contributed by atoms with Crippen molar-refractivity contribution in [2.24, 2.45) is 17.3 Å². The molecule has 7 rings (SSSR count). The first kappa shape index (κ1) is 28.0. The molecule has 226 valence electrons. The summed E-state index contributed by atoms with van der Waals surface area (Å²) in [4.78, 5) is 58.9. The summed E-state index contributed by atoms with van der Waals surface area (Å²) in [6.07, 6.45) is 8.14. The Morgan fingerprint density at radius 1 is 0.762 bits per heavy atom. The zero-order valence-corrected chi connectivity index (χ0v) is 24.6. The van der Waals surface area contributed by atoms with Gasteiger partial charge in [0.05, 0.1) is 11.1 Å². The Kier molecular flexibility index (Phi) is 7.56. The smallest absolute Gasteiger partial charge is 0.262 e. The number of anilines is 1. The van der Waals surface area contributed by atoms with Crippen molar-refractivity contribution in [1.29, 1.82) is 0 Å². The van der Waals surface area contributed by atoms with Crippen molar-refractivity contribution in [2.75, 3.05) is 70.3 Å². The molecule has 0 aromatic heterocycles. The van der Waals surface area contributed by atoms with Gasteiger partial charge < -0.3 is 20.0 Å². The van der Waals surface area contributed by atoms with E-state index >= 15 is 0 Å². The molecule has 10 nitrogen and oxygen atoms in total. The molecule has 5 fully saturated rings. The van der Waals surface area contributed by atoms with E-state index in [1.165, 1.54) is 65.0 Å². The van der Waals surface area contributed by atoms with Crippen molar-refractivity contribution in [3.63, 3.8) is 0 Å². The monoisotopic (exact) mass is 576 g/mol. The fourth-order valence-electron chi connectivity index (χ4n) is 8.57. The summed E-state index contributed by atoms with van der Waals surface area (Å²) in [5, 5.41) is 5.72. The second-order valence-electron chi connectivity index (χ2n) is 13.7. The average Bonchev–Trinajstić information content (AvgIpc) is 3.23. The quantitative estimate of drug-likeness (QED) is 0.494. The number of piperidine rings is 3. The molecule has 1 unspecified atom stereocenters. The zero-order valence-electron chi connectivity index (χ0n) is 24.6. The van der Waals surface area contributed by atoms with E-state index in [0.29, 0.717) is 22.5 Å². The summed E-state index contributed by atoms with van der Waals surface area (Å²) in [6, 6.07) is 4.54. The highest BCUT2D eigenvalue weighted by atomic mass is 16.2. The SMILES string of the molecule is O=C1CCC(N2C(=O)c3ccc(N4CCC(CN5CCC6(CC5)CC(CN5CCNCC5)C6)CC4)cc3C2=O)C(=O)N1. The minimum absolute atomic E-state index is 0.125. The van der Waals surface area contributed by atoms with Crippen LogP contribution in [0.5, 0.6) is 0 Å². The van der Waals surface area contributed by atoms with Crippen molar-refractivity contribution in [3.05, 3.63) is 29.3 Å². The molecule has 5 aliphatic heterocycles. The number of hydrogen-bond donors (Lipinski definition) is 2. The minimum Gasteiger partial charge on any atom is -0.371 e. The molecule has 42 heavy (non-hydrogen) atoms. The van der Waals surface area contributed by atoms with E-state index in [0.717, 1.165) is 55.5 Å². The number of fused-ring (bicyclic) bond motifs is 1. The molecule has 0 bridgehead atoms. The van der Waals surface area contributed by atoms with Crippen LogP contribution >= 0.6 is 0 Å². The van der Waals surface area contributed by atoms with Gasteiger partial charge in [0.15, 0.2) is 0 Å². The van der Waals surface area contributed by atoms with Crippen LogP contribution in [0, 0.1) is 17.3 Å².